The number of amides is 1. The molecular weight excluding hydrogens is 336 g/mol. The summed E-state index contributed by atoms with van der Waals surface area (Å²) >= 11 is 0. The van der Waals surface area contributed by atoms with Crippen LogP contribution in [-0.2, 0) is 0 Å². The number of rotatable bonds is 8. The summed E-state index contributed by atoms with van der Waals surface area (Å²) in [5, 5.41) is 5.88. The largest absolute Gasteiger partial charge is 0.493 e. The molecule has 0 saturated heterocycles. The van der Waals surface area contributed by atoms with Crippen LogP contribution in [0.1, 0.15) is 29.5 Å². The Bertz CT molecular complexity index is 755. The average molecular weight is 360 g/mol. The maximum absolute atomic E-state index is 12.6. The number of hydrogen-bond acceptors (Lipinski definition) is 7. The van der Waals surface area contributed by atoms with Crippen molar-refractivity contribution in [3.05, 3.63) is 29.6 Å². The van der Waals surface area contributed by atoms with Gasteiger partial charge in [-0.2, -0.15) is 0 Å². The van der Waals surface area contributed by atoms with E-state index in [0.717, 1.165) is 13.0 Å². The van der Waals surface area contributed by atoms with Crippen LogP contribution in [0.4, 0.5) is 11.6 Å². The van der Waals surface area contributed by atoms with Crippen molar-refractivity contribution < 1.29 is 19.0 Å². The lowest BCUT2D eigenvalue weighted by atomic mass is 10.2. The monoisotopic (exact) mass is 360 g/mol. The molecule has 0 spiro atoms. The van der Waals surface area contributed by atoms with Gasteiger partial charge in [0.25, 0.3) is 5.91 Å². The fourth-order valence-electron chi connectivity index (χ4n) is 2.35. The maximum Gasteiger partial charge on any atom is 0.274 e. The minimum Gasteiger partial charge on any atom is -0.493 e. The quantitative estimate of drug-likeness (QED) is 0.747. The van der Waals surface area contributed by atoms with Gasteiger partial charge < -0.3 is 24.8 Å². The van der Waals surface area contributed by atoms with Crippen molar-refractivity contribution in [3.8, 4) is 17.2 Å². The highest BCUT2D eigenvalue weighted by Gasteiger charge is 2.16. The summed E-state index contributed by atoms with van der Waals surface area (Å²) in [7, 11) is 4.55. The fraction of sp³-hybridized carbons (Fsp3) is 0.389. The second kappa shape index (κ2) is 8.89. The molecule has 0 aliphatic rings. The smallest absolute Gasteiger partial charge is 0.274 e. The number of anilines is 2. The molecule has 0 aliphatic heterocycles. The summed E-state index contributed by atoms with van der Waals surface area (Å²) in [5.74, 6) is 1.43. The number of aryl methyl sites for hydroxylation is 1. The third kappa shape index (κ3) is 4.53. The van der Waals surface area contributed by atoms with Gasteiger partial charge in [0.2, 0.25) is 11.7 Å². The van der Waals surface area contributed by atoms with E-state index in [9.17, 15) is 4.79 Å². The van der Waals surface area contributed by atoms with Crippen LogP contribution in [0.25, 0.3) is 0 Å². The van der Waals surface area contributed by atoms with Crippen molar-refractivity contribution in [3.63, 3.8) is 0 Å². The molecule has 0 atom stereocenters. The molecule has 0 radical (unpaired) electrons. The van der Waals surface area contributed by atoms with E-state index in [0.29, 0.717) is 34.6 Å². The highest BCUT2D eigenvalue weighted by atomic mass is 16.5. The zero-order valence-corrected chi connectivity index (χ0v) is 15.7. The van der Waals surface area contributed by atoms with Gasteiger partial charge in [0.15, 0.2) is 11.5 Å². The van der Waals surface area contributed by atoms with E-state index in [2.05, 4.69) is 20.6 Å². The maximum atomic E-state index is 12.6. The lowest BCUT2D eigenvalue weighted by Gasteiger charge is -2.14. The Kier molecular flexibility index (Phi) is 6.60. The molecule has 26 heavy (non-hydrogen) atoms. The van der Waals surface area contributed by atoms with Gasteiger partial charge in [-0.05, 0) is 19.4 Å². The molecule has 0 aliphatic carbocycles. The topological polar surface area (TPSA) is 94.6 Å². The Morgan fingerprint density at radius 2 is 1.69 bits per heavy atom. The van der Waals surface area contributed by atoms with Crippen LogP contribution in [-0.4, -0.2) is 43.7 Å². The van der Waals surface area contributed by atoms with Gasteiger partial charge in [0, 0.05) is 30.1 Å². The number of ether oxygens (including phenoxy) is 3. The normalized spacial score (nSPS) is 10.2. The molecule has 1 amide bonds. The summed E-state index contributed by atoms with van der Waals surface area (Å²) in [6.07, 6.45) is 0.935. The van der Waals surface area contributed by atoms with Crippen molar-refractivity contribution in [2.24, 2.45) is 0 Å². The van der Waals surface area contributed by atoms with Crippen LogP contribution in [0.5, 0.6) is 17.2 Å². The minimum absolute atomic E-state index is 0.268. The first-order chi connectivity index (χ1) is 12.5. The lowest BCUT2D eigenvalue weighted by molar-refractivity contribution is 0.102. The molecule has 2 aromatic rings. The van der Waals surface area contributed by atoms with Gasteiger partial charge in [-0.25, -0.2) is 9.97 Å². The van der Waals surface area contributed by atoms with Crippen molar-refractivity contribution in [1.82, 2.24) is 9.97 Å². The van der Waals surface area contributed by atoms with Gasteiger partial charge in [-0.1, -0.05) is 6.92 Å². The van der Waals surface area contributed by atoms with Crippen LogP contribution in [0.3, 0.4) is 0 Å². The van der Waals surface area contributed by atoms with E-state index in [1.165, 1.54) is 21.3 Å². The molecule has 0 fully saturated rings. The third-order valence-corrected chi connectivity index (χ3v) is 3.54. The molecule has 0 bridgehead atoms. The number of aromatic nitrogens is 2. The first kappa shape index (κ1) is 19.3. The second-order valence-electron chi connectivity index (χ2n) is 5.51. The van der Waals surface area contributed by atoms with Crippen molar-refractivity contribution in [2.75, 3.05) is 38.5 Å². The van der Waals surface area contributed by atoms with E-state index >= 15 is 0 Å². The molecule has 2 rings (SSSR count). The number of carbonyl (C=O) groups is 1. The Morgan fingerprint density at radius 1 is 1.04 bits per heavy atom. The standard InChI is InChI=1S/C18H24N4O4/c1-6-7-19-18-20-11(2)8-13(22-18)17(23)21-12-9-14(24-3)16(26-5)15(10-12)25-4/h8-10H,6-7H2,1-5H3,(H,21,23)(H,19,20,22). The summed E-state index contributed by atoms with van der Waals surface area (Å²) in [5.41, 5.74) is 1.47. The molecule has 8 nitrogen and oxygen atoms in total. The summed E-state index contributed by atoms with van der Waals surface area (Å²) in [4.78, 5) is 21.1. The lowest BCUT2D eigenvalue weighted by Crippen LogP contribution is -2.16. The predicted molar refractivity (Wildman–Crippen MR) is 99.6 cm³/mol. The molecular formula is C18H24N4O4. The zero-order valence-electron chi connectivity index (χ0n) is 15.7. The molecule has 1 aromatic carbocycles. The van der Waals surface area contributed by atoms with Crippen LogP contribution >= 0.6 is 0 Å². The molecule has 140 valence electrons. The zero-order chi connectivity index (χ0) is 19.1. The summed E-state index contributed by atoms with van der Waals surface area (Å²) in [6.45, 7) is 4.59. The Balaban J connectivity index is 2.28. The Morgan fingerprint density at radius 3 is 2.23 bits per heavy atom. The molecule has 2 N–H and O–H groups in total. The number of carbonyl (C=O) groups excluding carboxylic acids is 1. The number of methoxy groups -OCH3 is 3. The van der Waals surface area contributed by atoms with Crippen LogP contribution in [0, 0.1) is 6.92 Å². The van der Waals surface area contributed by atoms with E-state index < -0.39 is 0 Å². The number of hydrogen-bond donors (Lipinski definition) is 2. The van der Waals surface area contributed by atoms with E-state index in [1.807, 2.05) is 13.8 Å². The van der Waals surface area contributed by atoms with E-state index in [4.69, 9.17) is 14.2 Å². The predicted octanol–water partition coefficient (Wildman–Crippen LogP) is 2.89. The van der Waals surface area contributed by atoms with Crippen LogP contribution < -0.4 is 24.8 Å². The van der Waals surface area contributed by atoms with Gasteiger partial charge in [0.05, 0.1) is 21.3 Å². The Hall–Kier alpha value is -3.03. The molecule has 8 heteroatoms. The van der Waals surface area contributed by atoms with Gasteiger partial charge >= 0.3 is 0 Å². The number of nitrogens with zero attached hydrogens (tertiary/aromatic N) is 2. The number of benzene rings is 1. The number of nitrogens with one attached hydrogen (secondary N) is 2. The van der Waals surface area contributed by atoms with Crippen LogP contribution in [0.2, 0.25) is 0 Å². The van der Waals surface area contributed by atoms with Crippen LogP contribution in [0.15, 0.2) is 18.2 Å². The first-order valence-electron chi connectivity index (χ1n) is 8.23. The highest BCUT2D eigenvalue weighted by Crippen LogP contribution is 2.39. The second-order valence-corrected chi connectivity index (χ2v) is 5.51. The molecule has 1 heterocycles. The van der Waals surface area contributed by atoms with Crippen molar-refractivity contribution in [2.45, 2.75) is 20.3 Å². The molecule has 0 saturated carbocycles. The van der Waals surface area contributed by atoms with E-state index in [-0.39, 0.29) is 11.6 Å². The minimum atomic E-state index is -0.357. The van der Waals surface area contributed by atoms with Gasteiger partial charge in [0.1, 0.15) is 5.69 Å². The summed E-state index contributed by atoms with van der Waals surface area (Å²) < 4.78 is 15.9. The van der Waals surface area contributed by atoms with Crippen molar-refractivity contribution in [1.29, 1.82) is 0 Å². The van der Waals surface area contributed by atoms with E-state index in [1.54, 1.807) is 18.2 Å². The summed E-state index contributed by atoms with van der Waals surface area (Å²) in [6, 6.07) is 4.94. The molecule has 1 aromatic heterocycles. The first-order valence-corrected chi connectivity index (χ1v) is 8.23. The fourth-order valence-corrected chi connectivity index (χ4v) is 2.35. The SMILES string of the molecule is CCCNc1nc(C)cc(C(=O)Nc2cc(OC)c(OC)c(OC)c2)n1. The Labute approximate surface area is 152 Å². The van der Waals surface area contributed by atoms with Crippen molar-refractivity contribution >= 4 is 17.5 Å². The average Bonchev–Trinajstić information content (AvgIpc) is 2.64. The van der Waals surface area contributed by atoms with Gasteiger partial charge in [-0.3, -0.25) is 4.79 Å². The van der Waals surface area contributed by atoms with Gasteiger partial charge in [-0.15, -0.1) is 0 Å². The highest BCUT2D eigenvalue weighted by molar-refractivity contribution is 6.03. The molecule has 0 unspecified atom stereocenters. The third-order valence-electron chi connectivity index (χ3n) is 3.54.